The van der Waals surface area contributed by atoms with Gasteiger partial charge in [-0.2, -0.15) is 0 Å². The SMILES string of the molecule is COc1cccc(-c2cn(-c3ccc(C)cc3)cn2)c1. The van der Waals surface area contributed by atoms with Crippen LogP contribution in [-0.2, 0) is 0 Å². The molecular weight excluding hydrogens is 248 g/mol. The molecule has 0 unspecified atom stereocenters. The number of ether oxygens (including phenoxy) is 1. The number of rotatable bonds is 3. The van der Waals surface area contributed by atoms with Crippen LogP contribution in [0.3, 0.4) is 0 Å². The van der Waals surface area contributed by atoms with Crippen molar-refractivity contribution in [2.45, 2.75) is 6.92 Å². The summed E-state index contributed by atoms with van der Waals surface area (Å²) in [6, 6.07) is 16.3. The number of imidazole rings is 1. The second-order valence-electron chi connectivity index (χ2n) is 4.73. The fraction of sp³-hybridized carbons (Fsp3) is 0.118. The highest BCUT2D eigenvalue weighted by Crippen LogP contribution is 2.23. The van der Waals surface area contributed by atoms with Gasteiger partial charge in [-0.3, -0.25) is 0 Å². The minimum absolute atomic E-state index is 0.840. The Labute approximate surface area is 118 Å². The summed E-state index contributed by atoms with van der Waals surface area (Å²) in [6.07, 6.45) is 3.86. The lowest BCUT2D eigenvalue weighted by atomic mass is 10.1. The van der Waals surface area contributed by atoms with Gasteiger partial charge >= 0.3 is 0 Å². The van der Waals surface area contributed by atoms with Crippen molar-refractivity contribution in [1.29, 1.82) is 0 Å². The van der Waals surface area contributed by atoms with Gasteiger partial charge in [0.05, 0.1) is 19.1 Å². The summed E-state index contributed by atoms with van der Waals surface area (Å²) < 4.78 is 7.27. The largest absolute Gasteiger partial charge is 0.497 e. The number of nitrogens with zero attached hydrogens (tertiary/aromatic N) is 2. The van der Waals surface area contributed by atoms with Crippen molar-refractivity contribution in [3.8, 4) is 22.7 Å². The Morgan fingerprint density at radius 1 is 1.05 bits per heavy atom. The van der Waals surface area contributed by atoms with Gasteiger partial charge in [-0.05, 0) is 31.2 Å². The van der Waals surface area contributed by atoms with Crippen molar-refractivity contribution in [3.05, 3.63) is 66.6 Å². The lowest BCUT2D eigenvalue weighted by molar-refractivity contribution is 0.415. The molecule has 0 saturated heterocycles. The van der Waals surface area contributed by atoms with Gasteiger partial charge in [0.25, 0.3) is 0 Å². The lowest BCUT2D eigenvalue weighted by Crippen LogP contribution is -1.89. The van der Waals surface area contributed by atoms with Gasteiger partial charge in [0.2, 0.25) is 0 Å². The van der Waals surface area contributed by atoms with Crippen LogP contribution in [0.5, 0.6) is 5.75 Å². The van der Waals surface area contributed by atoms with Crippen molar-refractivity contribution in [3.63, 3.8) is 0 Å². The molecule has 3 heteroatoms. The maximum Gasteiger partial charge on any atom is 0.119 e. The maximum absolute atomic E-state index is 5.25. The molecule has 0 aliphatic rings. The van der Waals surface area contributed by atoms with Crippen molar-refractivity contribution in [2.75, 3.05) is 7.11 Å². The van der Waals surface area contributed by atoms with Gasteiger partial charge in [0.15, 0.2) is 0 Å². The molecule has 0 radical (unpaired) electrons. The molecule has 2 aromatic carbocycles. The standard InChI is InChI=1S/C17H16N2O/c1-13-6-8-15(9-7-13)19-11-17(18-12-19)14-4-3-5-16(10-14)20-2/h3-12H,1-2H3. The van der Waals surface area contributed by atoms with Crippen LogP contribution in [-0.4, -0.2) is 16.7 Å². The molecule has 0 N–H and O–H groups in total. The van der Waals surface area contributed by atoms with Crippen LogP contribution in [0.1, 0.15) is 5.56 Å². The predicted molar refractivity (Wildman–Crippen MR) is 80.3 cm³/mol. The Morgan fingerprint density at radius 3 is 2.60 bits per heavy atom. The second kappa shape index (κ2) is 5.21. The highest BCUT2D eigenvalue weighted by molar-refractivity contribution is 5.61. The Morgan fingerprint density at radius 2 is 1.85 bits per heavy atom. The maximum atomic E-state index is 5.25. The van der Waals surface area contributed by atoms with Gasteiger partial charge < -0.3 is 9.30 Å². The van der Waals surface area contributed by atoms with E-state index in [0.29, 0.717) is 0 Å². The van der Waals surface area contributed by atoms with Crippen molar-refractivity contribution in [1.82, 2.24) is 9.55 Å². The third-order valence-corrected chi connectivity index (χ3v) is 3.28. The monoisotopic (exact) mass is 264 g/mol. The van der Waals surface area contributed by atoms with Gasteiger partial charge in [-0.1, -0.05) is 29.8 Å². The normalized spacial score (nSPS) is 10.5. The molecule has 0 fully saturated rings. The number of benzene rings is 2. The number of hydrogen-bond acceptors (Lipinski definition) is 2. The average molecular weight is 264 g/mol. The molecule has 3 nitrogen and oxygen atoms in total. The topological polar surface area (TPSA) is 27.1 Å². The van der Waals surface area contributed by atoms with Crippen LogP contribution in [0.25, 0.3) is 16.9 Å². The number of aromatic nitrogens is 2. The van der Waals surface area contributed by atoms with E-state index in [1.54, 1.807) is 7.11 Å². The molecule has 0 amide bonds. The molecule has 0 spiro atoms. The van der Waals surface area contributed by atoms with E-state index in [9.17, 15) is 0 Å². The summed E-state index contributed by atoms with van der Waals surface area (Å²) >= 11 is 0. The molecule has 1 aromatic heterocycles. The van der Waals surface area contributed by atoms with Crippen molar-refractivity contribution < 1.29 is 4.74 Å². The minimum atomic E-state index is 0.840. The van der Waals surface area contributed by atoms with Gasteiger partial charge in [0, 0.05) is 17.4 Å². The third kappa shape index (κ3) is 2.43. The summed E-state index contributed by atoms with van der Waals surface area (Å²) in [5.41, 5.74) is 4.35. The molecule has 0 atom stereocenters. The predicted octanol–water partition coefficient (Wildman–Crippen LogP) is 3.86. The van der Waals surface area contributed by atoms with Crippen molar-refractivity contribution >= 4 is 0 Å². The first-order chi connectivity index (χ1) is 9.76. The first kappa shape index (κ1) is 12.5. The van der Waals surface area contributed by atoms with Crippen LogP contribution >= 0.6 is 0 Å². The second-order valence-corrected chi connectivity index (χ2v) is 4.73. The van der Waals surface area contributed by atoms with E-state index in [0.717, 1.165) is 22.7 Å². The zero-order valence-corrected chi connectivity index (χ0v) is 11.6. The third-order valence-electron chi connectivity index (χ3n) is 3.28. The van der Waals surface area contributed by atoms with Crippen LogP contribution in [0.15, 0.2) is 61.1 Å². The number of hydrogen-bond donors (Lipinski definition) is 0. The lowest BCUT2D eigenvalue weighted by Gasteiger charge is -2.03. The number of aryl methyl sites for hydroxylation is 1. The molecule has 3 aromatic rings. The summed E-state index contributed by atoms with van der Waals surface area (Å²) in [5.74, 6) is 0.840. The first-order valence-corrected chi connectivity index (χ1v) is 6.52. The Hall–Kier alpha value is -2.55. The molecule has 3 rings (SSSR count). The molecule has 100 valence electrons. The molecule has 0 saturated carbocycles. The van der Waals surface area contributed by atoms with Crippen molar-refractivity contribution in [2.24, 2.45) is 0 Å². The zero-order chi connectivity index (χ0) is 13.9. The van der Waals surface area contributed by atoms with Crippen LogP contribution < -0.4 is 4.74 Å². The summed E-state index contributed by atoms with van der Waals surface area (Å²) in [7, 11) is 1.67. The average Bonchev–Trinajstić information content (AvgIpc) is 2.98. The fourth-order valence-corrected chi connectivity index (χ4v) is 2.11. The van der Waals surface area contributed by atoms with E-state index < -0.39 is 0 Å². The van der Waals surface area contributed by atoms with Gasteiger partial charge in [-0.15, -0.1) is 0 Å². The van der Waals surface area contributed by atoms with E-state index in [-0.39, 0.29) is 0 Å². The van der Waals surface area contributed by atoms with E-state index >= 15 is 0 Å². The van der Waals surface area contributed by atoms with E-state index in [1.807, 2.05) is 41.4 Å². The molecular formula is C17H16N2O. The Bertz CT molecular complexity index is 714. The Kier molecular flexibility index (Phi) is 3.25. The highest BCUT2D eigenvalue weighted by atomic mass is 16.5. The highest BCUT2D eigenvalue weighted by Gasteiger charge is 2.04. The molecule has 1 heterocycles. The summed E-state index contributed by atoms with van der Waals surface area (Å²) in [6.45, 7) is 2.08. The fourth-order valence-electron chi connectivity index (χ4n) is 2.11. The van der Waals surface area contributed by atoms with E-state index in [1.165, 1.54) is 5.56 Å². The van der Waals surface area contributed by atoms with Gasteiger partial charge in [0.1, 0.15) is 5.75 Å². The van der Waals surface area contributed by atoms with E-state index in [4.69, 9.17) is 4.74 Å². The van der Waals surface area contributed by atoms with Crippen LogP contribution in [0, 0.1) is 6.92 Å². The smallest absolute Gasteiger partial charge is 0.119 e. The van der Waals surface area contributed by atoms with E-state index in [2.05, 4.69) is 36.2 Å². The van der Waals surface area contributed by atoms with Crippen LogP contribution in [0.2, 0.25) is 0 Å². The van der Waals surface area contributed by atoms with Crippen LogP contribution in [0.4, 0.5) is 0 Å². The Balaban J connectivity index is 1.95. The molecule has 0 aliphatic heterocycles. The quantitative estimate of drug-likeness (QED) is 0.718. The first-order valence-electron chi connectivity index (χ1n) is 6.52. The van der Waals surface area contributed by atoms with Gasteiger partial charge in [-0.25, -0.2) is 4.98 Å². The summed E-state index contributed by atoms with van der Waals surface area (Å²) in [4.78, 5) is 4.47. The molecule has 0 aliphatic carbocycles. The minimum Gasteiger partial charge on any atom is -0.497 e. The molecule has 0 bridgehead atoms. The molecule has 20 heavy (non-hydrogen) atoms. The number of methoxy groups -OCH3 is 1. The zero-order valence-electron chi connectivity index (χ0n) is 11.6. The summed E-state index contributed by atoms with van der Waals surface area (Å²) in [5, 5.41) is 0.